The summed E-state index contributed by atoms with van der Waals surface area (Å²) in [5.74, 6) is 0. The van der Waals surface area contributed by atoms with Gasteiger partial charge in [0.25, 0.3) is 0 Å². The molecule has 0 aromatic rings. The Morgan fingerprint density at radius 3 is 0.750 bits per heavy atom. The molecule has 4 heavy (non-hydrogen) atoms. The van der Waals surface area contributed by atoms with Gasteiger partial charge in [-0.1, -0.05) is 0 Å². The van der Waals surface area contributed by atoms with Crippen molar-refractivity contribution in [3.8, 4) is 0 Å². The molecule has 0 heterocycles. The summed E-state index contributed by atoms with van der Waals surface area (Å²) in [6.07, 6.45) is 0. The molecule has 0 radical (unpaired) electrons. The molecule has 0 aliphatic heterocycles. The van der Waals surface area contributed by atoms with E-state index in [-0.39, 0.29) is 58.2 Å². The summed E-state index contributed by atoms with van der Waals surface area (Å²) in [7, 11) is 0. The van der Waals surface area contributed by atoms with Crippen molar-refractivity contribution in [1.29, 1.82) is 0 Å². The van der Waals surface area contributed by atoms with Crippen LogP contribution in [0.4, 0.5) is 0 Å². The third-order valence-electron chi connectivity index (χ3n) is 0. The van der Waals surface area contributed by atoms with Crippen molar-refractivity contribution in [3.63, 3.8) is 0 Å². The normalized spacial score (nSPS) is 0. The molecule has 0 spiro atoms. The average molecular weight is 318 g/mol. The maximum atomic E-state index is 0. The van der Waals surface area contributed by atoms with E-state index in [2.05, 4.69) is 0 Å². The van der Waals surface area contributed by atoms with E-state index in [4.69, 9.17) is 0 Å². The van der Waals surface area contributed by atoms with Gasteiger partial charge in [-0.15, -0.1) is 0 Å². The zero-order chi connectivity index (χ0) is 0. The van der Waals surface area contributed by atoms with E-state index in [9.17, 15) is 0 Å². The molecule has 4 heteroatoms. The second kappa shape index (κ2) is 24.6. The molecule has 0 aromatic carbocycles. The zero-order valence-electron chi connectivity index (χ0n) is 1.63. The van der Waals surface area contributed by atoms with Gasteiger partial charge in [-0.25, -0.2) is 0 Å². The summed E-state index contributed by atoms with van der Waals surface area (Å²) in [4.78, 5) is 0. The van der Waals surface area contributed by atoms with Gasteiger partial charge >= 0.3 is 26.2 Å². The average Bonchev–Trinajstić information content (AvgIpc) is 0. The van der Waals surface area contributed by atoms with E-state index in [1.807, 2.05) is 0 Å². The Bertz CT molecular complexity index is 6.00. The molecular weight excluding hydrogens is 318 g/mol. The molecule has 0 fully saturated rings. The van der Waals surface area contributed by atoms with Crippen LogP contribution in [0.15, 0.2) is 0 Å². The van der Waals surface area contributed by atoms with Crippen LogP contribution in [0.1, 0.15) is 0 Å². The summed E-state index contributed by atoms with van der Waals surface area (Å²) < 4.78 is 0. The van der Waals surface area contributed by atoms with Gasteiger partial charge < -0.3 is 11.0 Å². The van der Waals surface area contributed by atoms with Crippen molar-refractivity contribution >= 4 is 0 Å². The minimum atomic E-state index is 0. The molecule has 0 aliphatic rings. The van der Waals surface area contributed by atoms with E-state index in [0.29, 0.717) is 0 Å². The van der Waals surface area contributed by atoms with Gasteiger partial charge in [0.15, 0.2) is 0 Å². The van der Waals surface area contributed by atoms with Crippen LogP contribution in [0.25, 0.3) is 0 Å². The fourth-order valence-electron chi connectivity index (χ4n) is 0. The van der Waals surface area contributed by atoms with Crippen molar-refractivity contribution in [3.05, 3.63) is 0 Å². The summed E-state index contributed by atoms with van der Waals surface area (Å²) in [5, 5.41) is 0. The maximum Gasteiger partial charge on any atom is 4.00 e. The molecule has 0 aromatic heterocycles. The first kappa shape index (κ1) is 49.8. The van der Waals surface area contributed by atoms with Gasteiger partial charge in [-0.2, -0.15) is 0 Å². The van der Waals surface area contributed by atoms with E-state index in [1.54, 1.807) is 0 Å². The van der Waals surface area contributed by atoms with E-state index >= 15 is 0 Å². The van der Waals surface area contributed by atoms with Crippen molar-refractivity contribution in [2.75, 3.05) is 0 Å². The summed E-state index contributed by atoms with van der Waals surface area (Å²) >= 11 is 0. The summed E-state index contributed by atoms with van der Waals surface area (Å²) in [6, 6.07) is 0. The van der Waals surface area contributed by atoms with Crippen molar-refractivity contribution < 1.29 is 58.2 Å². The molecule has 0 rings (SSSR count). The van der Waals surface area contributed by atoms with Crippen molar-refractivity contribution in [2.24, 2.45) is 0 Å². The van der Waals surface area contributed by atoms with Crippen LogP contribution in [0, 0.1) is 0 Å². The molecule has 0 saturated heterocycles. The van der Waals surface area contributed by atoms with Crippen molar-refractivity contribution in [1.82, 2.24) is 0 Å². The number of rotatable bonds is 0. The molecule has 2 nitrogen and oxygen atoms in total. The third kappa shape index (κ3) is 9.74. The van der Waals surface area contributed by atoms with Gasteiger partial charge in [0.2, 0.25) is 0 Å². The standard InChI is InChI=1S/2O.Pt.Zr/q2*-2;;+4. The predicted octanol–water partition coefficient (Wildman–Crippen LogP) is -0.243. The second-order valence-electron chi connectivity index (χ2n) is 0. The maximum absolute atomic E-state index is 0. The van der Waals surface area contributed by atoms with Gasteiger partial charge in [-0.3, -0.25) is 0 Å². The first-order chi connectivity index (χ1) is 0. The topological polar surface area (TPSA) is 57.0 Å². The van der Waals surface area contributed by atoms with Crippen LogP contribution in [-0.2, 0) is 58.2 Å². The Balaban J connectivity index is 0. The molecule has 0 bridgehead atoms. The fraction of sp³-hybridized carbons (Fsp3) is 0. The molecule has 26 valence electrons. The number of hydrogen-bond acceptors (Lipinski definition) is 0. The third-order valence-corrected chi connectivity index (χ3v) is 0. The quantitative estimate of drug-likeness (QED) is 0.592. The van der Waals surface area contributed by atoms with Crippen LogP contribution < -0.4 is 0 Å². The smallest absolute Gasteiger partial charge is 2.00 e. The van der Waals surface area contributed by atoms with Crippen LogP contribution in [-0.4, -0.2) is 0 Å². The molecule has 0 saturated carbocycles. The molecule has 0 unspecified atom stereocenters. The number of hydrogen-bond donors (Lipinski definition) is 0. The van der Waals surface area contributed by atoms with Crippen LogP contribution in [0.5, 0.6) is 0 Å². The van der Waals surface area contributed by atoms with E-state index in [1.165, 1.54) is 0 Å². The van der Waals surface area contributed by atoms with E-state index < -0.39 is 0 Å². The molecule has 0 atom stereocenters. The van der Waals surface area contributed by atoms with Crippen LogP contribution in [0.3, 0.4) is 0 Å². The Kier molecular flexibility index (Phi) is 306. The minimum absolute atomic E-state index is 0. The SMILES string of the molecule is [O-2].[O-2].[Pt].[Zr+4]. The molecule has 0 amide bonds. The molecular formula is O2PtZr. The second-order valence-corrected chi connectivity index (χ2v) is 0. The van der Waals surface area contributed by atoms with E-state index in [0.717, 1.165) is 0 Å². The van der Waals surface area contributed by atoms with Gasteiger partial charge in [-0.05, 0) is 0 Å². The summed E-state index contributed by atoms with van der Waals surface area (Å²) in [6.45, 7) is 0. The Morgan fingerprint density at radius 1 is 0.750 bits per heavy atom. The van der Waals surface area contributed by atoms with Crippen LogP contribution >= 0.6 is 0 Å². The molecule has 0 aliphatic carbocycles. The monoisotopic (exact) mass is 317 g/mol. The fourth-order valence-corrected chi connectivity index (χ4v) is 0. The van der Waals surface area contributed by atoms with Gasteiger partial charge in [0, 0.05) is 21.1 Å². The first-order valence-corrected chi connectivity index (χ1v) is 0. The van der Waals surface area contributed by atoms with Gasteiger partial charge in [0.1, 0.15) is 0 Å². The largest absolute Gasteiger partial charge is 4.00 e. The minimum Gasteiger partial charge on any atom is -2.00 e. The summed E-state index contributed by atoms with van der Waals surface area (Å²) in [5.41, 5.74) is 0. The van der Waals surface area contributed by atoms with Gasteiger partial charge in [0.05, 0.1) is 0 Å². The first-order valence-electron chi connectivity index (χ1n) is 0. The van der Waals surface area contributed by atoms with Crippen molar-refractivity contribution in [2.45, 2.75) is 0 Å². The zero-order valence-corrected chi connectivity index (χ0v) is 6.36. The Hall–Kier alpha value is 1.49. The Morgan fingerprint density at radius 2 is 0.750 bits per heavy atom. The molecule has 0 N–H and O–H groups in total. The Labute approximate surface area is 58.0 Å². The predicted molar refractivity (Wildman–Crippen MR) is 1.37 cm³/mol. The van der Waals surface area contributed by atoms with Crippen LogP contribution in [0.2, 0.25) is 0 Å².